The van der Waals surface area contributed by atoms with Gasteiger partial charge in [-0.15, -0.1) is 0 Å². The van der Waals surface area contributed by atoms with Crippen LogP contribution in [0.3, 0.4) is 0 Å². The maximum Gasteiger partial charge on any atom is 0.147 e. The second kappa shape index (κ2) is 4.58. The number of pyridine rings is 1. The number of anilines is 1. The zero-order valence-corrected chi connectivity index (χ0v) is 12.1. The standard InChI is InChI=1S/C17H19FN2/c1-12-11-20(17(12,2)3)16-8-7-13(10-14(16)18)15-6-4-5-9-19-15/h4-10,12H,11H2,1-3H3. The Balaban J connectivity index is 1.93. The first-order chi connectivity index (χ1) is 9.50. The highest BCUT2D eigenvalue weighted by Crippen LogP contribution is 2.41. The van der Waals surface area contributed by atoms with E-state index in [1.54, 1.807) is 12.3 Å². The third kappa shape index (κ3) is 1.98. The zero-order valence-electron chi connectivity index (χ0n) is 12.1. The van der Waals surface area contributed by atoms with Crippen LogP contribution in [0.2, 0.25) is 0 Å². The molecule has 2 heterocycles. The summed E-state index contributed by atoms with van der Waals surface area (Å²) in [5.41, 5.74) is 2.33. The molecule has 1 atom stereocenters. The van der Waals surface area contributed by atoms with Crippen molar-refractivity contribution in [3.63, 3.8) is 0 Å². The minimum absolute atomic E-state index is 0.0212. The molecule has 104 valence electrons. The van der Waals surface area contributed by atoms with E-state index in [4.69, 9.17) is 0 Å². The topological polar surface area (TPSA) is 16.1 Å². The maximum absolute atomic E-state index is 14.4. The number of benzene rings is 1. The lowest BCUT2D eigenvalue weighted by Crippen LogP contribution is -2.63. The normalized spacial score (nSPS) is 20.6. The molecule has 0 N–H and O–H groups in total. The van der Waals surface area contributed by atoms with Gasteiger partial charge in [0.05, 0.1) is 11.4 Å². The lowest BCUT2D eigenvalue weighted by Gasteiger charge is -2.55. The first-order valence-corrected chi connectivity index (χ1v) is 6.99. The van der Waals surface area contributed by atoms with Gasteiger partial charge in [0, 0.05) is 23.8 Å². The van der Waals surface area contributed by atoms with Crippen molar-refractivity contribution >= 4 is 5.69 Å². The van der Waals surface area contributed by atoms with Crippen LogP contribution in [-0.4, -0.2) is 17.1 Å². The summed E-state index contributed by atoms with van der Waals surface area (Å²) in [5.74, 6) is 0.408. The average Bonchev–Trinajstić information content (AvgIpc) is 2.46. The Morgan fingerprint density at radius 2 is 2.05 bits per heavy atom. The van der Waals surface area contributed by atoms with Gasteiger partial charge < -0.3 is 4.90 Å². The summed E-state index contributed by atoms with van der Waals surface area (Å²) in [5, 5.41) is 0. The summed E-state index contributed by atoms with van der Waals surface area (Å²) in [6.07, 6.45) is 1.72. The molecule has 1 unspecified atom stereocenters. The van der Waals surface area contributed by atoms with Crippen LogP contribution >= 0.6 is 0 Å². The van der Waals surface area contributed by atoms with Crippen LogP contribution in [0.4, 0.5) is 10.1 Å². The van der Waals surface area contributed by atoms with E-state index in [1.165, 1.54) is 0 Å². The third-order valence-corrected chi connectivity index (χ3v) is 4.56. The SMILES string of the molecule is CC1CN(c2ccc(-c3ccccn3)cc2F)C1(C)C. The molecule has 0 spiro atoms. The molecule has 2 nitrogen and oxygen atoms in total. The molecule has 0 saturated carbocycles. The summed E-state index contributed by atoms with van der Waals surface area (Å²) < 4.78 is 14.4. The molecule has 3 rings (SSSR count). The summed E-state index contributed by atoms with van der Waals surface area (Å²) in [6.45, 7) is 7.43. The molecular formula is C17H19FN2. The number of rotatable bonds is 2. The zero-order chi connectivity index (χ0) is 14.3. The number of hydrogen-bond donors (Lipinski definition) is 0. The van der Waals surface area contributed by atoms with E-state index in [2.05, 4.69) is 30.7 Å². The molecule has 1 aliphatic rings. The van der Waals surface area contributed by atoms with Crippen LogP contribution < -0.4 is 4.90 Å². The number of aromatic nitrogens is 1. The number of nitrogens with zero attached hydrogens (tertiary/aromatic N) is 2. The van der Waals surface area contributed by atoms with Crippen molar-refractivity contribution in [1.29, 1.82) is 0 Å². The van der Waals surface area contributed by atoms with Gasteiger partial charge in [0.15, 0.2) is 0 Å². The van der Waals surface area contributed by atoms with Crippen molar-refractivity contribution < 1.29 is 4.39 Å². The van der Waals surface area contributed by atoms with Gasteiger partial charge >= 0.3 is 0 Å². The van der Waals surface area contributed by atoms with E-state index in [0.717, 1.165) is 17.8 Å². The Kier molecular flexibility index (Phi) is 3.00. The Hall–Kier alpha value is -1.90. The van der Waals surface area contributed by atoms with E-state index in [-0.39, 0.29) is 11.4 Å². The van der Waals surface area contributed by atoms with Crippen LogP contribution in [0.15, 0.2) is 42.6 Å². The number of halogens is 1. The van der Waals surface area contributed by atoms with Crippen molar-refractivity contribution in [3.05, 3.63) is 48.4 Å². The van der Waals surface area contributed by atoms with Gasteiger partial charge in [-0.1, -0.05) is 19.1 Å². The van der Waals surface area contributed by atoms with Gasteiger partial charge in [0.25, 0.3) is 0 Å². The predicted octanol–water partition coefficient (Wildman–Crippen LogP) is 4.12. The molecule has 1 aliphatic heterocycles. The van der Waals surface area contributed by atoms with E-state index in [1.807, 2.05) is 30.3 Å². The first kappa shape index (κ1) is 13.1. The van der Waals surface area contributed by atoms with Gasteiger partial charge in [-0.05, 0) is 44.0 Å². The average molecular weight is 270 g/mol. The smallest absolute Gasteiger partial charge is 0.147 e. The quantitative estimate of drug-likeness (QED) is 0.816. The Morgan fingerprint density at radius 1 is 1.25 bits per heavy atom. The summed E-state index contributed by atoms with van der Waals surface area (Å²) in [7, 11) is 0. The van der Waals surface area contributed by atoms with Crippen molar-refractivity contribution in [2.45, 2.75) is 26.3 Å². The van der Waals surface area contributed by atoms with Gasteiger partial charge in [-0.25, -0.2) is 4.39 Å². The van der Waals surface area contributed by atoms with Crippen LogP contribution in [0.1, 0.15) is 20.8 Å². The van der Waals surface area contributed by atoms with Crippen molar-refractivity contribution in [2.24, 2.45) is 5.92 Å². The van der Waals surface area contributed by atoms with E-state index < -0.39 is 0 Å². The van der Waals surface area contributed by atoms with E-state index in [9.17, 15) is 4.39 Å². The lowest BCUT2D eigenvalue weighted by atomic mass is 9.77. The molecule has 1 aromatic carbocycles. The molecule has 0 amide bonds. The van der Waals surface area contributed by atoms with Crippen molar-refractivity contribution in [1.82, 2.24) is 4.98 Å². The summed E-state index contributed by atoms with van der Waals surface area (Å²) >= 11 is 0. The predicted molar refractivity (Wildman–Crippen MR) is 80.2 cm³/mol. The molecule has 0 aliphatic carbocycles. The molecule has 0 bridgehead atoms. The highest BCUT2D eigenvalue weighted by atomic mass is 19.1. The summed E-state index contributed by atoms with van der Waals surface area (Å²) in [4.78, 5) is 6.39. The largest absolute Gasteiger partial charge is 0.363 e. The molecule has 2 aromatic rings. The minimum atomic E-state index is -0.173. The molecule has 1 fully saturated rings. The fourth-order valence-electron chi connectivity index (χ4n) is 2.71. The van der Waals surface area contributed by atoms with Gasteiger partial charge in [0.2, 0.25) is 0 Å². The first-order valence-electron chi connectivity index (χ1n) is 6.99. The highest BCUT2D eigenvalue weighted by molar-refractivity contribution is 5.65. The molecule has 20 heavy (non-hydrogen) atoms. The van der Waals surface area contributed by atoms with E-state index >= 15 is 0 Å². The Labute approximate surface area is 119 Å². The fourth-order valence-corrected chi connectivity index (χ4v) is 2.71. The molecule has 0 radical (unpaired) electrons. The maximum atomic E-state index is 14.4. The van der Waals surface area contributed by atoms with Crippen molar-refractivity contribution in [3.8, 4) is 11.3 Å². The second-order valence-electron chi connectivity index (χ2n) is 6.05. The third-order valence-electron chi connectivity index (χ3n) is 4.56. The van der Waals surface area contributed by atoms with Crippen LogP contribution in [-0.2, 0) is 0 Å². The molecule has 1 aromatic heterocycles. The summed E-state index contributed by atoms with van der Waals surface area (Å²) in [6, 6.07) is 11.1. The minimum Gasteiger partial charge on any atom is -0.363 e. The molecular weight excluding hydrogens is 251 g/mol. The van der Waals surface area contributed by atoms with Crippen LogP contribution in [0, 0.1) is 11.7 Å². The van der Waals surface area contributed by atoms with E-state index in [0.29, 0.717) is 11.6 Å². The Morgan fingerprint density at radius 3 is 2.60 bits per heavy atom. The number of hydrogen-bond acceptors (Lipinski definition) is 2. The monoisotopic (exact) mass is 270 g/mol. The van der Waals surface area contributed by atoms with Gasteiger partial charge in [-0.2, -0.15) is 0 Å². The molecule has 1 saturated heterocycles. The Bertz CT molecular complexity index is 622. The van der Waals surface area contributed by atoms with Crippen LogP contribution in [0.25, 0.3) is 11.3 Å². The molecule has 3 heteroatoms. The fraction of sp³-hybridized carbons (Fsp3) is 0.353. The van der Waals surface area contributed by atoms with Crippen LogP contribution in [0.5, 0.6) is 0 Å². The van der Waals surface area contributed by atoms with Gasteiger partial charge in [-0.3, -0.25) is 4.98 Å². The second-order valence-corrected chi connectivity index (χ2v) is 6.05. The highest BCUT2D eigenvalue weighted by Gasteiger charge is 2.44. The van der Waals surface area contributed by atoms with Crippen molar-refractivity contribution in [2.75, 3.05) is 11.4 Å². The van der Waals surface area contributed by atoms with Gasteiger partial charge in [0.1, 0.15) is 5.82 Å². The lowest BCUT2D eigenvalue weighted by molar-refractivity contribution is 0.216.